The van der Waals surface area contributed by atoms with Crippen LogP contribution in [-0.2, 0) is 11.3 Å². The molecule has 0 amide bonds. The average molecular weight is 422 g/mol. The van der Waals surface area contributed by atoms with E-state index in [1.807, 2.05) is 12.3 Å². The Labute approximate surface area is 170 Å². The second-order valence-corrected chi connectivity index (χ2v) is 7.43. The van der Waals surface area contributed by atoms with Crippen molar-refractivity contribution >= 4 is 40.8 Å². The summed E-state index contributed by atoms with van der Waals surface area (Å²) in [6.07, 6.45) is 4.53. The Morgan fingerprint density at radius 1 is 1.57 bits per heavy atom. The Morgan fingerprint density at radius 3 is 3.04 bits per heavy atom. The van der Waals surface area contributed by atoms with Crippen molar-refractivity contribution in [2.45, 2.75) is 30.6 Å². The van der Waals surface area contributed by atoms with Gasteiger partial charge in [-0.05, 0) is 43.3 Å². The second-order valence-electron chi connectivity index (χ2n) is 6.25. The van der Waals surface area contributed by atoms with Crippen LogP contribution in [0.15, 0.2) is 23.5 Å². The number of nitrogens with one attached hydrogen (secondary N) is 1. The van der Waals surface area contributed by atoms with Gasteiger partial charge in [-0.2, -0.15) is 5.26 Å². The van der Waals surface area contributed by atoms with Gasteiger partial charge in [0.15, 0.2) is 11.0 Å². The van der Waals surface area contributed by atoms with Gasteiger partial charge >= 0.3 is 5.97 Å². The lowest BCUT2D eigenvalue weighted by Crippen LogP contribution is -2.35. The number of rotatable bonds is 6. The summed E-state index contributed by atoms with van der Waals surface area (Å²) >= 11 is 7.28. The van der Waals surface area contributed by atoms with Crippen molar-refractivity contribution in [3.8, 4) is 6.07 Å². The molecule has 1 aliphatic rings. The summed E-state index contributed by atoms with van der Waals surface area (Å²) in [4.78, 5) is 21.6. The number of likely N-dealkylation sites (tertiary alicyclic amines) is 1. The normalized spacial score (nSPS) is 16.7. The molecule has 1 aromatic carbocycles. The number of halogens is 2. The zero-order valence-corrected chi connectivity index (χ0v) is 16.5. The van der Waals surface area contributed by atoms with Crippen LogP contribution in [0.3, 0.4) is 0 Å². The predicted octanol–water partition coefficient (Wildman–Crippen LogP) is 3.66. The minimum absolute atomic E-state index is 0.0832. The molecular formula is C18H17ClFN5O2S. The molecule has 1 fully saturated rings. The molecule has 0 spiro atoms. The van der Waals surface area contributed by atoms with Gasteiger partial charge in [0.05, 0.1) is 11.2 Å². The van der Waals surface area contributed by atoms with Crippen molar-refractivity contribution in [3.63, 3.8) is 0 Å². The number of nitrogens with zero attached hydrogens (tertiary/aromatic N) is 4. The summed E-state index contributed by atoms with van der Waals surface area (Å²) in [7, 11) is 0. The Balaban J connectivity index is 1.96. The van der Waals surface area contributed by atoms with Gasteiger partial charge in [-0.1, -0.05) is 23.4 Å². The van der Waals surface area contributed by atoms with Crippen LogP contribution in [-0.4, -0.2) is 44.8 Å². The molecule has 10 heteroatoms. The zero-order valence-electron chi connectivity index (χ0n) is 14.9. The highest BCUT2D eigenvalue weighted by Crippen LogP contribution is 2.31. The van der Waals surface area contributed by atoms with Gasteiger partial charge in [-0.3, -0.25) is 9.69 Å². The highest BCUT2D eigenvalue weighted by atomic mass is 35.5. The first-order valence-electron chi connectivity index (χ1n) is 8.46. The van der Waals surface area contributed by atoms with Crippen LogP contribution in [0.1, 0.15) is 24.0 Å². The van der Waals surface area contributed by atoms with E-state index in [2.05, 4.69) is 15.3 Å². The van der Waals surface area contributed by atoms with E-state index >= 15 is 0 Å². The third kappa shape index (κ3) is 4.35. The summed E-state index contributed by atoms with van der Waals surface area (Å²) in [5.74, 6) is -1.21. The fraction of sp³-hybridized carbons (Fsp3) is 0.333. The van der Waals surface area contributed by atoms with Crippen LogP contribution < -0.4 is 5.32 Å². The topological polar surface area (TPSA) is 102 Å². The number of benzene rings is 1. The first kappa shape index (κ1) is 20.3. The lowest BCUT2D eigenvalue weighted by molar-refractivity contribution is -0.142. The Hall–Kier alpha value is -2.41. The van der Waals surface area contributed by atoms with Gasteiger partial charge in [0.1, 0.15) is 23.5 Å². The van der Waals surface area contributed by atoms with E-state index in [0.717, 1.165) is 6.42 Å². The summed E-state index contributed by atoms with van der Waals surface area (Å²) in [6, 6.07) is 4.11. The van der Waals surface area contributed by atoms with Crippen LogP contribution in [0.25, 0.3) is 0 Å². The number of thioether (sulfide) groups is 1. The summed E-state index contributed by atoms with van der Waals surface area (Å²) in [5.41, 5.74) is 1.22. The Morgan fingerprint density at radius 2 is 2.36 bits per heavy atom. The van der Waals surface area contributed by atoms with Gasteiger partial charge in [0.2, 0.25) is 0 Å². The van der Waals surface area contributed by atoms with Crippen LogP contribution in [0.2, 0.25) is 5.02 Å². The lowest BCUT2D eigenvalue weighted by atomic mass is 10.1. The van der Waals surface area contributed by atoms with E-state index in [1.165, 1.54) is 30.1 Å². The predicted molar refractivity (Wildman–Crippen MR) is 104 cm³/mol. The number of nitriles is 1. The fourth-order valence-electron chi connectivity index (χ4n) is 3.12. The van der Waals surface area contributed by atoms with Crippen LogP contribution in [0, 0.1) is 17.1 Å². The zero-order chi connectivity index (χ0) is 20.3. The maximum absolute atomic E-state index is 14.1. The molecule has 1 aromatic heterocycles. The molecule has 7 nitrogen and oxygen atoms in total. The van der Waals surface area contributed by atoms with Crippen molar-refractivity contribution in [2.75, 3.05) is 18.1 Å². The first-order chi connectivity index (χ1) is 13.4. The standard InChI is InChI=1S/C18H17ClFN5O2S/c1-28-18-22-8-11(7-21)16(24-18)23-14-6-12(19)13(20)5-10(14)9-25-4-2-3-15(25)17(26)27/h5-6,8,15H,2-4,9H2,1H3,(H,26,27)(H,22,23,24)/t15-/m0/s1. The Bertz CT molecular complexity index is 952. The van der Waals surface area contributed by atoms with Gasteiger partial charge in [-0.25, -0.2) is 14.4 Å². The van der Waals surface area contributed by atoms with Crippen LogP contribution >= 0.6 is 23.4 Å². The van der Waals surface area contributed by atoms with Gasteiger partial charge < -0.3 is 10.4 Å². The number of hydrogen-bond donors (Lipinski definition) is 2. The summed E-state index contributed by atoms with van der Waals surface area (Å²) < 4.78 is 14.1. The third-order valence-corrected chi connectivity index (χ3v) is 5.34. The number of aromatic nitrogens is 2. The Kier molecular flexibility index (Phi) is 6.34. The van der Waals surface area contributed by atoms with E-state index < -0.39 is 17.8 Å². The van der Waals surface area contributed by atoms with Crippen LogP contribution in [0.5, 0.6) is 0 Å². The molecule has 0 bridgehead atoms. The van der Waals surface area contributed by atoms with Gasteiger partial charge in [-0.15, -0.1) is 0 Å². The molecule has 0 aliphatic carbocycles. The molecule has 1 atom stereocenters. The van der Waals surface area contributed by atoms with E-state index in [4.69, 9.17) is 11.6 Å². The minimum Gasteiger partial charge on any atom is -0.480 e. The largest absolute Gasteiger partial charge is 0.480 e. The fourth-order valence-corrected chi connectivity index (χ4v) is 3.62. The molecule has 0 saturated carbocycles. The van der Waals surface area contributed by atoms with E-state index in [9.17, 15) is 19.6 Å². The highest BCUT2D eigenvalue weighted by Gasteiger charge is 2.31. The SMILES string of the molecule is CSc1ncc(C#N)c(Nc2cc(Cl)c(F)cc2CN2CCC[C@H]2C(=O)O)n1. The maximum Gasteiger partial charge on any atom is 0.320 e. The van der Waals surface area contributed by atoms with Crippen molar-refractivity contribution < 1.29 is 14.3 Å². The van der Waals surface area contributed by atoms with Crippen molar-refractivity contribution in [2.24, 2.45) is 0 Å². The van der Waals surface area contributed by atoms with Gasteiger partial charge in [0, 0.05) is 12.2 Å². The molecule has 1 aliphatic heterocycles. The molecule has 0 unspecified atom stereocenters. The smallest absolute Gasteiger partial charge is 0.320 e. The molecular weight excluding hydrogens is 405 g/mol. The van der Waals surface area contributed by atoms with Crippen molar-refractivity contribution in [1.29, 1.82) is 5.26 Å². The molecule has 28 heavy (non-hydrogen) atoms. The molecule has 1 saturated heterocycles. The molecule has 2 aromatic rings. The quantitative estimate of drug-likeness (QED) is 0.538. The van der Waals surface area contributed by atoms with Crippen molar-refractivity contribution in [3.05, 3.63) is 40.3 Å². The summed E-state index contributed by atoms with van der Waals surface area (Å²) in [6.45, 7) is 0.837. The van der Waals surface area contributed by atoms with Gasteiger partial charge in [0.25, 0.3) is 0 Å². The summed E-state index contributed by atoms with van der Waals surface area (Å²) in [5, 5.41) is 22.1. The van der Waals surface area contributed by atoms with E-state index in [1.54, 1.807) is 4.90 Å². The van der Waals surface area contributed by atoms with Crippen molar-refractivity contribution in [1.82, 2.24) is 14.9 Å². The first-order valence-corrected chi connectivity index (χ1v) is 10.1. The molecule has 146 valence electrons. The number of carboxylic acid groups (broad SMARTS) is 1. The maximum atomic E-state index is 14.1. The van der Waals surface area contributed by atoms with E-state index in [0.29, 0.717) is 29.4 Å². The monoisotopic (exact) mass is 421 g/mol. The third-order valence-electron chi connectivity index (χ3n) is 4.49. The molecule has 0 radical (unpaired) electrons. The molecule has 2 heterocycles. The molecule has 3 rings (SSSR count). The number of carbonyl (C=O) groups is 1. The average Bonchev–Trinajstić information content (AvgIpc) is 3.14. The number of aliphatic carboxylic acids is 1. The molecule has 2 N–H and O–H groups in total. The number of carboxylic acids is 1. The highest BCUT2D eigenvalue weighted by molar-refractivity contribution is 7.98. The number of anilines is 2. The van der Waals surface area contributed by atoms with E-state index in [-0.39, 0.29) is 22.9 Å². The number of hydrogen-bond acceptors (Lipinski definition) is 7. The second kappa shape index (κ2) is 8.73. The lowest BCUT2D eigenvalue weighted by Gasteiger charge is -2.23. The van der Waals surface area contributed by atoms with Crippen LogP contribution in [0.4, 0.5) is 15.9 Å². The minimum atomic E-state index is -0.895.